The van der Waals surface area contributed by atoms with Gasteiger partial charge in [-0.2, -0.15) is 0 Å². The van der Waals surface area contributed by atoms with Gasteiger partial charge in [-0.15, -0.1) is 0 Å². The third-order valence-electron chi connectivity index (χ3n) is 3.07. The van der Waals surface area contributed by atoms with Crippen molar-refractivity contribution >= 4 is 5.97 Å². The lowest BCUT2D eigenvalue weighted by atomic mass is 9.78. The Morgan fingerprint density at radius 1 is 1.50 bits per heavy atom. The summed E-state index contributed by atoms with van der Waals surface area (Å²) in [7, 11) is 1.39. The molecule has 0 aliphatic carbocycles. The highest BCUT2D eigenvalue weighted by atomic mass is 19.1. The maximum absolute atomic E-state index is 13.7. The van der Waals surface area contributed by atoms with Crippen LogP contribution in [-0.2, 0) is 19.7 Å². The van der Waals surface area contributed by atoms with Gasteiger partial charge in [0.2, 0.25) is 0 Å². The minimum Gasteiger partial charge on any atom is -0.494 e. The SMILES string of the molecule is CCOC(=O)C1(c2ccc(OC)c(F)c2)COC1. The molecule has 98 valence electrons. The fourth-order valence-electron chi connectivity index (χ4n) is 1.94. The third-order valence-corrected chi connectivity index (χ3v) is 3.07. The number of carbonyl (C=O) groups excluding carboxylic acids is 1. The number of halogens is 1. The molecule has 0 amide bonds. The lowest BCUT2D eigenvalue weighted by Crippen LogP contribution is -2.53. The number of esters is 1. The molecule has 0 spiro atoms. The van der Waals surface area contributed by atoms with E-state index in [4.69, 9.17) is 14.2 Å². The van der Waals surface area contributed by atoms with E-state index >= 15 is 0 Å². The van der Waals surface area contributed by atoms with Gasteiger partial charge >= 0.3 is 5.97 Å². The molecule has 2 rings (SSSR count). The van der Waals surface area contributed by atoms with Gasteiger partial charge in [-0.3, -0.25) is 4.79 Å². The molecule has 0 N–H and O–H groups in total. The quantitative estimate of drug-likeness (QED) is 0.767. The predicted molar refractivity (Wildman–Crippen MR) is 62.1 cm³/mol. The predicted octanol–water partition coefficient (Wildman–Crippen LogP) is 1.67. The number of carbonyl (C=O) groups is 1. The van der Waals surface area contributed by atoms with Crippen LogP contribution >= 0.6 is 0 Å². The van der Waals surface area contributed by atoms with Gasteiger partial charge in [0, 0.05) is 0 Å². The van der Waals surface area contributed by atoms with Crippen LogP contribution in [0.3, 0.4) is 0 Å². The number of rotatable bonds is 4. The van der Waals surface area contributed by atoms with Gasteiger partial charge in [-0.1, -0.05) is 6.07 Å². The Labute approximate surface area is 105 Å². The van der Waals surface area contributed by atoms with Crippen molar-refractivity contribution in [1.82, 2.24) is 0 Å². The average Bonchev–Trinajstić information content (AvgIpc) is 2.28. The van der Waals surface area contributed by atoms with Gasteiger partial charge in [0.15, 0.2) is 11.6 Å². The van der Waals surface area contributed by atoms with Crippen LogP contribution < -0.4 is 4.74 Å². The number of methoxy groups -OCH3 is 1. The van der Waals surface area contributed by atoms with E-state index in [1.807, 2.05) is 0 Å². The molecular weight excluding hydrogens is 239 g/mol. The number of hydrogen-bond acceptors (Lipinski definition) is 4. The first kappa shape index (κ1) is 12.8. The second-order valence-electron chi connectivity index (χ2n) is 4.14. The van der Waals surface area contributed by atoms with Crippen molar-refractivity contribution in [3.05, 3.63) is 29.6 Å². The van der Waals surface area contributed by atoms with Crippen molar-refractivity contribution < 1.29 is 23.4 Å². The Morgan fingerprint density at radius 3 is 2.67 bits per heavy atom. The average molecular weight is 254 g/mol. The van der Waals surface area contributed by atoms with E-state index in [1.54, 1.807) is 13.0 Å². The van der Waals surface area contributed by atoms with Crippen molar-refractivity contribution in [3.8, 4) is 5.75 Å². The molecule has 1 aromatic carbocycles. The summed E-state index contributed by atoms with van der Waals surface area (Å²) >= 11 is 0. The van der Waals surface area contributed by atoms with Crippen LogP contribution in [0.2, 0.25) is 0 Å². The van der Waals surface area contributed by atoms with E-state index in [0.29, 0.717) is 12.2 Å². The van der Waals surface area contributed by atoms with E-state index in [9.17, 15) is 9.18 Å². The first-order valence-corrected chi connectivity index (χ1v) is 5.73. The summed E-state index contributed by atoms with van der Waals surface area (Å²) < 4.78 is 28.7. The molecule has 18 heavy (non-hydrogen) atoms. The summed E-state index contributed by atoms with van der Waals surface area (Å²) in [5.41, 5.74) is -0.311. The minimum absolute atomic E-state index is 0.151. The van der Waals surface area contributed by atoms with E-state index in [-0.39, 0.29) is 24.9 Å². The molecule has 1 aromatic rings. The fourth-order valence-corrected chi connectivity index (χ4v) is 1.94. The number of ether oxygens (including phenoxy) is 3. The highest BCUT2D eigenvalue weighted by Gasteiger charge is 2.49. The van der Waals surface area contributed by atoms with Crippen molar-refractivity contribution in [2.45, 2.75) is 12.3 Å². The monoisotopic (exact) mass is 254 g/mol. The van der Waals surface area contributed by atoms with Gasteiger partial charge in [-0.25, -0.2) is 4.39 Å². The standard InChI is InChI=1S/C13H15FO4/c1-3-18-12(15)13(7-17-8-13)9-4-5-11(16-2)10(14)6-9/h4-6H,3,7-8H2,1-2H3. The molecule has 4 nitrogen and oxygen atoms in total. The van der Waals surface area contributed by atoms with Crippen molar-refractivity contribution in [2.24, 2.45) is 0 Å². The molecule has 1 heterocycles. The molecule has 0 unspecified atom stereocenters. The second kappa shape index (κ2) is 4.94. The molecule has 0 aromatic heterocycles. The summed E-state index contributed by atoms with van der Waals surface area (Å²) in [5, 5.41) is 0. The van der Waals surface area contributed by atoms with Gasteiger partial charge in [-0.05, 0) is 24.6 Å². The third kappa shape index (κ3) is 1.95. The molecule has 0 bridgehead atoms. The fraction of sp³-hybridized carbons (Fsp3) is 0.462. The molecule has 0 radical (unpaired) electrons. The molecular formula is C13H15FO4. The normalized spacial score (nSPS) is 16.8. The Balaban J connectivity index is 2.33. The maximum atomic E-state index is 13.7. The summed E-state index contributed by atoms with van der Waals surface area (Å²) in [4.78, 5) is 12.0. The topological polar surface area (TPSA) is 44.8 Å². The van der Waals surface area contributed by atoms with Gasteiger partial charge < -0.3 is 14.2 Å². The molecule has 1 aliphatic heterocycles. The maximum Gasteiger partial charge on any atom is 0.321 e. The summed E-state index contributed by atoms with van der Waals surface area (Å²) in [6, 6.07) is 4.48. The second-order valence-corrected chi connectivity index (χ2v) is 4.14. The van der Waals surface area contributed by atoms with Crippen LogP contribution in [0.25, 0.3) is 0 Å². The molecule has 1 aliphatic rings. The smallest absolute Gasteiger partial charge is 0.321 e. The van der Waals surface area contributed by atoms with Crippen molar-refractivity contribution in [3.63, 3.8) is 0 Å². The zero-order valence-electron chi connectivity index (χ0n) is 10.4. The van der Waals surface area contributed by atoms with Gasteiger partial charge in [0.1, 0.15) is 5.41 Å². The zero-order valence-corrected chi connectivity index (χ0v) is 10.4. The van der Waals surface area contributed by atoms with E-state index in [1.165, 1.54) is 19.2 Å². The van der Waals surface area contributed by atoms with E-state index in [2.05, 4.69) is 0 Å². The molecule has 0 atom stereocenters. The van der Waals surface area contributed by atoms with Crippen LogP contribution in [0, 0.1) is 5.82 Å². The molecule has 1 fully saturated rings. The van der Waals surface area contributed by atoms with Crippen LogP contribution in [0.5, 0.6) is 5.75 Å². The zero-order chi connectivity index (χ0) is 13.2. The first-order valence-electron chi connectivity index (χ1n) is 5.73. The van der Waals surface area contributed by atoms with Crippen LogP contribution in [0.1, 0.15) is 12.5 Å². The highest BCUT2D eigenvalue weighted by molar-refractivity contribution is 5.84. The van der Waals surface area contributed by atoms with Crippen LogP contribution in [0.4, 0.5) is 4.39 Å². The summed E-state index contributed by atoms with van der Waals surface area (Å²) in [6.45, 7) is 2.47. The molecule has 1 saturated heterocycles. The molecule has 0 saturated carbocycles. The summed E-state index contributed by atoms with van der Waals surface area (Å²) in [5.74, 6) is -0.718. The van der Waals surface area contributed by atoms with Crippen LogP contribution in [0.15, 0.2) is 18.2 Å². The van der Waals surface area contributed by atoms with E-state index in [0.717, 1.165) is 0 Å². The van der Waals surface area contributed by atoms with Crippen LogP contribution in [-0.4, -0.2) is 32.9 Å². The van der Waals surface area contributed by atoms with Crippen molar-refractivity contribution in [2.75, 3.05) is 26.9 Å². The van der Waals surface area contributed by atoms with Gasteiger partial charge in [0.25, 0.3) is 0 Å². The molecule has 5 heteroatoms. The largest absolute Gasteiger partial charge is 0.494 e. The Hall–Kier alpha value is -1.62. The number of benzene rings is 1. The summed E-state index contributed by atoms with van der Waals surface area (Å²) in [6.07, 6.45) is 0. The highest BCUT2D eigenvalue weighted by Crippen LogP contribution is 2.35. The van der Waals surface area contributed by atoms with Crippen molar-refractivity contribution in [1.29, 1.82) is 0 Å². The van der Waals surface area contributed by atoms with Gasteiger partial charge in [0.05, 0.1) is 26.9 Å². The Kier molecular flexibility index (Phi) is 3.52. The minimum atomic E-state index is -0.872. The number of hydrogen-bond donors (Lipinski definition) is 0. The lowest BCUT2D eigenvalue weighted by Gasteiger charge is -2.39. The first-order chi connectivity index (χ1) is 8.64. The van der Waals surface area contributed by atoms with E-state index < -0.39 is 11.2 Å². The Bertz CT molecular complexity index is 454. The Morgan fingerprint density at radius 2 is 2.22 bits per heavy atom. The lowest BCUT2D eigenvalue weighted by molar-refractivity contribution is -0.169.